The summed E-state index contributed by atoms with van der Waals surface area (Å²) in [5, 5.41) is 13.0. The van der Waals surface area contributed by atoms with Gasteiger partial charge in [-0.3, -0.25) is 4.28 Å². The van der Waals surface area contributed by atoms with E-state index in [1.54, 1.807) is 12.1 Å². The molecule has 2 aromatic carbocycles. The summed E-state index contributed by atoms with van der Waals surface area (Å²) in [7, 11) is -4.31. The van der Waals surface area contributed by atoms with Gasteiger partial charge in [-0.05, 0) is 30.3 Å². The molecule has 0 heterocycles. The van der Waals surface area contributed by atoms with E-state index in [4.69, 9.17) is 51.7 Å². The lowest BCUT2D eigenvalue weighted by atomic mass is 10.1. The molecular weight excluding hydrogens is 418 g/mol. The molecule has 2 aromatic rings. The summed E-state index contributed by atoms with van der Waals surface area (Å²) >= 11 is 23.4. The van der Waals surface area contributed by atoms with Crippen LogP contribution >= 0.6 is 46.4 Å². The Balaban J connectivity index is 2.40. The Morgan fingerprint density at radius 2 is 1.62 bits per heavy atom. The van der Waals surface area contributed by atoms with Crippen LogP contribution in [0, 0.1) is 11.3 Å². The Labute approximate surface area is 158 Å². The fourth-order valence-electron chi connectivity index (χ4n) is 1.61. The standard InChI is InChI=1S/C14H6Cl4N2O3S/c15-9-5-4-8(6-12(9)18)24(21,22)23-20-13(7-19)14-10(16)2-1-3-11(14)17/h1-6H/b20-13+. The topological polar surface area (TPSA) is 79.5 Å². The maximum absolute atomic E-state index is 12.1. The maximum Gasteiger partial charge on any atom is 0.358 e. The van der Waals surface area contributed by atoms with Gasteiger partial charge in [-0.15, -0.1) is 0 Å². The van der Waals surface area contributed by atoms with Gasteiger partial charge in [0, 0.05) is 0 Å². The average molecular weight is 424 g/mol. The number of oxime groups is 1. The van der Waals surface area contributed by atoms with Gasteiger partial charge in [0.05, 0.1) is 25.7 Å². The first kappa shape index (κ1) is 18.8. The van der Waals surface area contributed by atoms with Gasteiger partial charge in [-0.2, -0.15) is 13.7 Å². The van der Waals surface area contributed by atoms with Gasteiger partial charge in [0.1, 0.15) is 11.0 Å². The average Bonchev–Trinajstić information content (AvgIpc) is 2.52. The molecule has 10 heteroatoms. The third kappa shape index (κ3) is 4.12. The number of halogens is 4. The van der Waals surface area contributed by atoms with Crippen LogP contribution in [-0.4, -0.2) is 14.1 Å². The van der Waals surface area contributed by atoms with Gasteiger partial charge < -0.3 is 0 Å². The molecule has 124 valence electrons. The quantitative estimate of drug-likeness (QED) is 0.515. The highest BCUT2D eigenvalue weighted by Gasteiger charge is 2.19. The van der Waals surface area contributed by atoms with E-state index in [2.05, 4.69) is 9.44 Å². The molecule has 5 nitrogen and oxygen atoms in total. The molecule has 0 spiro atoms. The van der Waals surface area contributed by atoms with E-state index in [-0.39, 0.29) is 30.5 Å². The number of nitriles is 1. The number of hydrogen-bond acceptors (Lipinski definition) is 5. The minimum Gasteiger partial charge on any atom is -0.263 e. The second kappa shape index (κ2) is 7.60. The molecule has 0 bridgehead atoms. The van der Waals surface area contributed by atoms with Crippen molar-refractivity contribution in [3.8, 4) is 6.07 Å². The number of nitrogens with zero attached hydrogens (tertiary/aromatic N) is 2. The van der Waals surface area contributed by atoms with Gasteiger partial charge in [0.2, 0.25) is 0 Å². The van der Waals surface area contributed by atoms with Crippen LogP contribution in [0.5, 0.6) is 0 Å². The predicted octanol–water partition coefficient (Wildman–Crippen LogP) is 4.93. The molecule has 0 aliphatic rings. The lowest BCUT2D eigenvalue weighted by Crippen LogP contribution is -2.07. The van der Waals surface area contributed by atoms with Gasteiger partial charge in [-0.1, -0.05) is 57.6 Å². The van der Waals surface area contributed by atoms with E-state index in [1.165, 1.54) is 24.3 Å². The molecule has 2 rings (SSSR count). The van der Waals surface area contributed by atoms with E-state index in [0.717, 1.165) is 6.07 Å². The predicted molar refractivity (Wildman–Crippen MR) is 93.3 cm³/mol. The van der Waals surface area contributed by atoms with Gasteiger partial charge in [0.25, 0.3) is 0 Å². The van der Waals surface area contributed by atoms with Crippen LogP contribution in [0.2, 0.25) is 20.1 Å². The molecule has 0 saturated heterocycles. The zero-order valence-electron chi connectivity index (χ0n) is 11.5. The zero-order valence-corrected chi connectivity index (χ0v) is 15.3. The van der Waals surface area contributed by atoms with Gasteiger partial charge in [0.15, 0.2) is 5.71 Å². The molecule has 0 aromatic heterocycles. The van der Waals surface area contributed by atoms with Crippen LogP contribution in [-0.2, 0) is 14.4 Å². The Morgan fingerprint density at radius 3 is 2.17 bits per heavy atom. The molecular formula is C14H6Cl4N2O3S. The molecule has 0 radical (unpaired) electrons. The molecule has 0 atom stereocenters. The van der Waals surface area contributed by atoms with Crippen LogP contribution in [0.4, 0.5) is 0 Å². The summed E-state index contributed by atoms with van der Waals surface area (Å²) in [5.41, 5.74) is -0.332. The lowest BCUT2D eigenvalue weighted by Gasteiger charge is -2.06. The Hall–Kier alpha value is -1.49. The second-order valence-corrected chi connectivity index (χ2v) is 7.41. The van der Waals surface area contributed by atoms with Crippen LogP contribution in [0.3, 0.4) is 0 Å². The van der Waals surface area contributed by atoms with Crippen molar-refractivity contribution in [2.24, 2.45) is 5.16 Å². The summed E-state index contributed by atoms with van der Waals surface area (Å²) < 4.78 is 28.8. The van der Waals surface area contributed by atoms with Crippen molar-refractivity contribution >= 4 is 62.2 Å². The number of benzene rings is 2. The van der Waals surface area contributed by atoms with Gasteiger partial charge in [-0.25, -0.2) is 0 Å². The second-order valence-electron chi connectivity index (χ2n) is 4.25. The lowest BCUT2D eigenvalue weighted by molar-refractivity contribution is 0.339. The van der Waals surface area contributed by atoms with Crippen molar-refractivity contribution in [1.82, 2.24) is 0 Å². The first-order chi connectivity index (χ1) is 11.3. The van der Waals surface area contributed by atoms with Crippen molar-refractivity contribution in [3.63, 3.8) is 0 Å². The third-order valence-corrected chi connectivity index (χ3v) is 5.18. The minimum absolute atomic E-state index is 0.0278. The van der Waals surface area contributed by atoms with Crippen LogP contribution in [0.25, 0.3) is 0 Å². The van der Waals surface area contributed by atoms with E-state index < -0.39 is 15.8 Å². The molecule has 0 aliphatic carbocycles. The van der Waals surface area contributed by atoms with Gasteiger partial charge >= 0.3 is 10.1 Å². The largest absolute Gasteiger partial charge is 0.358 e. The van der Waals surface area contributed by atoms with E-state index in [1.807, 2.05) is 0 Å². The van der Waals surface area contributed by atoms with E-state index >= 15 is 0 Å². The third-order valence-electron chi connectivity index (χ3n) is 2.71. The van der Waals surface area contributed by atoms with Crippen LogP contribution in [0.15, 0.2) is 46.4 Å². The summed E-state index contributed by atoms with van der Waals surface area (Å²) in [5.74, 6) is 0. The smallest absolute Gasteiger partial charge is 0.263 e. The first-order valence-electron chi connectivity index (χ1n) is 6.07. The zero-order chi connectivity index (χ0) is 17.9. The van der Waals surface area contributed by atoms with Crippen molar-refractivity contribution in [1.29, 1.82) is 5.26 Å². The van der Waals surface area contributed by atoms with E-state index in [9.17, 15) is 8.42 Å². The van der Waals surface area contributed by atoms with Crippen molar-refractivity contribution in [3.05, 3.63) is 62.1 Å². The molecule has 0 saturated carbocycles. The number of rotatable bonds is 4. The summed E-state index contributed by atoms with van der Waals surface area (Å²) in [6, 6.07) is 9.79. The molecule has 0 aliphatic heterocycles. The summed E-state index contributed by atoms with van der Waals surface area (Å²) in [4.78, 5) is -0.275. The monoisotopic (exact) mass is 422 g/mol. The fourth-order valence-corrected chi connectivity index (χ4v) is 3.30. The Kier molecular flexibility index (Phi) is 5.97. The SMILES string of the molecule is N#C/C(=N\OS(=O)(=O)c1ccc(Cl)c(Cl)c1)c1c(Cl)cccc1Cl. The van der Waals surface area contributed by atoms with Crippen molar-refractivity contribution in [2.45, 2.75) is 4.90 Å². The highest BCUT2D eigenvalue weighted by molar-refractivity contribution is 7.86. The Bertz CT molecular complexity index is 948. The fraction of sp³-hybridized carbons (Fsp3) is 0. The maximum atomic E-state index is 12.1. The highest BCUT2D eigenvalue weighted by Crippen LogP contribution is 2.27. The molecule has 0 amide bonds. The van der Waals surface area contributed by atoms with E-state index in [0.29, 0.717) is 0 Å². The van der Waals surface area contributed by atoms with Crippen molar-refractivity contribution < 1.29 is 12.7 Å². The normalized spacial score (nSPS) is 11.9. The van der Waals surface area contributed by atoms with Crippen molar-refractivity contribution in [2.75, 3.05) is 0 Å². The van der Waals surface area contributed by atoms with Crippen LogP contribution < -0.4 is 0 Å². The molecule has 0 N–H and O–H groups in total. The summed E-state index contributed by atoms with van der Waals surface area (Å²) in [6.45, 7) is 0. The summed E-state index contributed by atoms with van der Waals surface area (Å²) in [6.07, 6.45) is 0. The molecule has 24 heavy (non-hydrogen) atoms. The number of hydrogen-bond donors (Lipinski definition) is 0. The molecule has 0 fully saturated rings. The first-order valence-corrected chi connectivity index (χ1v) is 8.99. The minimum atomic E-state index is -4.31. The molecule has 0 unspecified atom stereocenters. The highest BCUT2D eigenvalue weighted by atomic mass is 35.5. The van der Waals surface area contributed by atoms with Crippen LogP contribution in [0.1, 0.15) is 5.56 Å². The Morgan fingerprint density at radius 1 is 1.00 bits per heavy atom.